The van der Waals surface area contributed by atoms with Gasteiger partial charge in [-0.15, -0.1) is 0 Å². The summed E-state index contributed by atoms with van der Waals surface area (Å²) in [4.78, 5) is 32.7. The number of carbonyl (C=O) groups is 3. The number of carboxylic acids is 2. The molecule has 0 spiro atoms. The molecule has 0 aliphatic rings. The van der Waals surface area contributed by atoms with E-state index in [-0.39, 0.29) is 6.61 Å². The molecule has 0 fully saturated rings. The van der Waals surface area contributed by atoms with Crippen molar-refractivity contribution < 1.29 is 29.3 Å². The Morgan fingerprint density at radius 1 is 1.20 bits per heavy atom. The highest BCUT2D eigenvalue weighted by Crippen LogP contribution is 2.10. The lowest BCUT2D eigenvalue weighted by Crippen LogP contribution is -2.44. The van der Waals surface area contributed by atoms with E-state index in [1.165, 1.54) is 0 Å². The van der Waals surface area contributed by atoms with Gasteiger partial charge in [0.15, 0.2) is 6.61 Å². The van der Waals surface area contributed by atoms with Gasteiger partial charge in [-0.25, -0.2) is 4.79 Å². The lowest BCUT2D eigenvalue weighted by Gasteiger charge is -2.12. The van der Waals surface area contributed by atoms with Gasteiger partial charge in [0.2, 0.25) is 0 Å². The summed E-state index contributed by atoms with van der Waals surface area (Å²) in [5.74, 6) is -2.94. The molecule has 0 unspecified atom stereocenters. The Hall–Kier alpha value is -2.57. The molecule has 1 aromatic rings. The van der Waals surface area contributed by atoms with Crippen molar-refractivity contribution in [3.8, 4) is 5.75 Å². The molecule has 3 N–H and O–H groups in total. The molecule has 7 heteroatoms. The molecule has 1 amide bonds. The molecule has 7 nitrogen and oxygen atoms in total. The Morgan fingerprint density at radius 2 is 1.80 bits per heavy atom. The molecule has 0 radical (unpaired) electrons. The topological polar surface area (TPSA) is 113 Å². The van der Waals surface area contributed by atoms with Crippen molar-refractivity contribution in [2.24, 2.45) is 0 Å². The highest BCUT2D eigenvalue weighted by atomic mass is 16.5. The van der Waals surface area contributed by atoms with E-state index >= 15 is 0 Å². The standard InChI is InChI=1S/C13H15NO6/c1-8-2-4-9(5-3-8)20-7-11(15)14-10(13(18)19)6-12(16)17/h2-5,10H,6-7H2,1H3,(H,14,15)(H,16,17)(H,18,19)/t10-/m1/s1. The van der Waals surface area contributed by atoms with Gasteiger partial charge in [0.1, 0.15) is 11.8 Å². The van der Waals surface area contributed by atoms with Crippen molar-refractivity contribution in [2.75, 3.05) is 6.61 Å². The van der Waals surface area contributed by atoms with Crippen LogP contribution < -0.4 is 10.1 Å². The Bertz CT molecular complexity index is 496. The van der Waals surface area contributed by atoms with Gasteiger partial charge in [-0.05, 0) is 19.1 Å². The summed E-state index contributed by atoms with van der Waals surface area (Å²) >= 11 is 0. The van der Waals surface area contributed by atoms with Gasteiger partial charge >= 0.3 is 11.9 Å². The lowest BCUT2D eigenvalue weighted by atomic mass is 10.2. The van der Waals surface area contributed by atoms with Crippen LogP contribution in [0.4, 0.5) is 0 Å². The summed E-state index contributed by atoms with van der Waals surface area (Å²) in [6, 6.07) is 5.49. The van der Waals surface area contributed by atoms with Crippen molar-refractivity contribution in [1.82, 2.24) is 5.32 Å². The first-order valence-corrected chi connectivity index (χ1v) is 5.82. The van der Waals surface area contributed by atoms with Crippen LogP contribution >= 0.6 is 0 Å². The molecule has 0 bridgehead atoms. The van der Waals surface area contributed by atoms with Crippen LogP contribution in [0.3, 0.4) is 0 Å². The van der Waals surface area contributed by atoms with Crippen molar-refractivity contribution in [1.29, 1.82) is 0 Å². The van der Waals surface area contributed by atoms with Gasteiger partial charge in [0.05, 0.1) is 6.42 Å². The zero-order chi connectivity index (χ0) is 15.1. The molecule has 20 heavy (non-hydrogen) atoms. The zero-order valence-corrected chi connectivity index (χ0v) is 10.8. The average Bonchev–Trinajstić information content (AvgIpc) is 2.36. The third-order valence-corrected chi connectivity index (χ3v) is 2.40. The number of aliphatic carboxylic acids is 2. The minimum atomic E-state index is -1.47. The summed E-state index contributed by atoms with van der Waals surface area (Å²) in [6.45, 7) is 1.52. The van der Waals surface area contributed by atoms with Crippen molar-refractivity contribution in [2.45, 2.75) is 19.4 Å². The third-order valence-electron chi connectivity index (χ3n) is 2.40. The predicted octanol–water partition coefficient (Wildman–Crippen LogP) is 0.418. The number of hydrogen-bond acceptors (Lipinski definition) is 4. The Morgan fingerprint density at radius 3 is 2.30 bits per heavy atom. The SMILES string of the molecule is Cc1ccc(OCC(=O)N[C@H](CC(=O)O)C(=O)O)cc1. The van der Waals surface area contributed by atoms with Crippen LogP contribution in [0.15, 0.2) is 24.3 Å². The second-order valence-electron chi connectivity index (χ2n) is 4.16. The number of carboxylic acid groups (broad SMARTS) is 2. The zero-order valence-electron chi connectivity index (χ0n) is 10.8. The van der Waals surface area contributed by atoms with Gasteiger partial charge in [-0.1, -0.05) is 17.7 Å². The fraction of sp³-hybridized carbons (Fsp3) is 0.308. The van der Waals surface area contributed by atoms with E-state index in [0.29, 0.717) is 5.75 Å². The van der Waals surface area contributed by atoms with E-state index in [9.17, 15) is 14.4 Å². The van der Waals surface area contributed by atoms with Crippen LogP contribution in [0.1, 0.15) is 12.0 Å². The van der Waals surface area contributed by atoms with E-state index in [4.69, 9.17) is 14.9 Å². The van der Waals surface area contributed by atoms with Gasteiger partial charge < -0.3 is 20.3 Å². The third kappa shape index (κ3) is 5.38. The van der Waals surface area contributed by atoms with E-state index in [0.717, 1.165) is 5.56 Å². The molecule has 1 rings (SSSR count). The van der Waals surface area contributed by atoms with Crippen LogP contribution in [0.5, 0.6) is 5.75 Å². The first-order valence-electron chi connectivity index (χ1n) is 5.82. The largest absolute Gasteiger partial charge is 0.484 e. The lowest BCUT2D eigenvalue weighted by molar-refractivity contribution is -0.147. The smallest absolute Gasteiger partial charge is 0.326 e. The second kappa shape index (κ2) is 7.13. The number of rotatable bonds is 7. The minimum absolute atomic E-state index is 0.382. The molecule has 1 atom stereocenters. The summed E-state index contributed by atoms with van der Waals surface area (Å²) < 4.78 is 5.16. The van der Waals surface area contributed by atoms with Crippen molar-refractivity contribution in [3.05, 3.63) is 29.8 Å². The molecule has 0 heterocycles. The molecule has 108 valence electrons. The Kier molecular flexibility index (Phi) is 5.52. The number of benzene rings is 1. The first-order chi connectivity index (χ1) is 9.38. The molecule has 0 aliphatic carbocycles. The van der Waals surface area contributed by atoms with E-state index in [2.05, 4.69) is 5.32 Å². The summed E-state index contributed by atoms with van der Waals surface area (Å²) in [5, 5.41) is 19.4. The highest BCUT2D eigenvalue weighted by molar-refractivity contribution is 5.87. The number of carbonyl (C=O) groups excluding carboxylic acids is 1. The number of ether oxygens (including phenoxy) is 1. The van der Waals surface area contributed by atoms with Crippen molar-refractivity contribution >= 4 is 17.8 Å². The van der Waals surface area contributed by atoms with E-state index in [1.807, 2.05) is 6.92 Å². The van der Waals surface area contributed by atoms with Crippen LogP contribution in [-0.4, -0.2) is 40.7 Å². The maximum Gasteiger partial charge on any atom is 0.326 e. The molecule has 1 aromatic carbocycles. The van der Waals surface area contributed by atoms with Crippen LogP contribution in [0, 0.1) is 6.92 Å². The number of aryl methyl sites for hydroxylation is 1. The Labute approximate surface area is 115 Å². The highest BCUT2D eigenvalue weighted by Gasteiger charge is 2.23. The summed E-state index contributed by atoms with van der Waals surface area (Å²) in [6.07, 6.45) is -0.689. The first kappa shape index (κ1) is 15.5. The molecular weight excluding hydrogens is 266 g/mol. The Balaban J connectivity index is 2.47. The second-order valence-corrected chi connectivity index (χ2v) is 4.16. The quantitative estimate of drug-likeness (QED) is 0.667. The molecule has 0 saturated heterocycles. The molecular formula is C13H15NO6. The van der Waals surface area contributed by atoms with Gasteiger partial charge in [-0.2, -0.15) is 0 Å². The van der Waals surface area contributed by atoms with E-state index in [1.54, 1.807) is 24.3 Å². The number of hydrogen-bond donors (Lipinski definition) is 3. The van der Waals surface area contributed by atoms with Crippen LogP contribution in [-0.2, 0) is 14.4 Å². The average molecular weight is 281 g/mol. The normalized spacial score (nSPS) is 11.4. The maximum atomic E-state index is 11.5. The van der Waals surface area contributed by atoms with Crippen LogP contribution in [0.25, 0.3) is 0 Å². The number of amides is 1. The monoisotopic (exact) mass is 281 g/mol. The molecule has 0 aromatic heterocycles. The maximum absolute atomic E-state index is 11.5. The van der Waals surface area contributed by atoms with E-state index < -0.39 is 30.3 Å². The predicted molar refractivity (Wildman–Crippen MR) is 68.5 cm³/mol. The number of nitrogens with one attached hydrogen (secondary N) is 1. The molecule has 0 aliphatic heterocycles. The van der Waals surface area contributed by atoms with Gasteiger partial charge in [0.25, 0.3) is 5.91 Å². The minimum Gasteiger partial charge on any atom is -0.484 e. The van der Waals surface area contributed by atoms with Gasteiger partial charge in [0, 0.05) is 0 Å². The van der Waals surface area contributed by atoms with Crippen molar-refractivity contribution in [3.63, 3.8) is 0 Å². The fourth-order valence-electron chi connectivity index (χ4n) is 1.39. The van der Waals surface area contributed by atoms with Crippen LogP contribution in [0.2, 0.25) is 0 Å². The summed E-state index contributed by atoms with van der Waals surface area (Å²) in [5.41, 5.74) is 1.04. The summed E-state index contributed by atoms with van der Waals surface area (Å²) in [7, 11) is 0. The molecule has 0 saturated carbocycles. The fourth-order valence-corrected chi connectivity index (χ4v) is 1.39. The van der Waals surface area contributed by atoms with Gasteiger partial charge in [-0.3, -0.25) is 9.59 Å².